The maximum atomic E-state index is 8.17. The van der Waals surface area contributed by atoms with E-state index < -0.39 is 12.3 Å². The smallest absolute Gasteiger partial charge is 0.347 e. The minimum absolute atomic E-state index is 0. The zero-order valence-corrected chi connectivity index (χ0v) is 31.9. The molecule has 0 saturated heterocycles. The van der Waals surface area contributed by atoms with E-state index in [0.29, 0.717) is 12.5 Å². The van der Waals surface area contributed by atoms with Crippen LogP contribution in [0.3, 0.4) is 0 Å². The minimum Gasteiger partial charge on any atom is -0.347 e. The predicted octanol–water partition coefficient (Wildman–Crippen LogP) is 11.2. The molecular formula is C48H38N4Pt. The van der Waals surface area contributed by atoms with Crippen LogP contribution in [0.4, 0.5) is 17.1 Å². The summed E-state index contributed by atoms with van der Waals surface area (Å²) in [7, 11) is 0. The molecule has 260 valence electrons. The number of pyridine rings is 1. The van der Waals surface area contributed by atoms with Crippen molar-refractivity contribution in [2.24, 2.45) is 0 Å². The third kappa shape index (κ3) is 4.89. The number of para-hydroxylation sites is 3. The van der Waals surface area contributed by atoms with Gasteiger partial charge >= 0.3 is 21.1 Å². The second-order valence-corrected chi connectivity index (χ2v) is 14.8. The molecule has 0 amide bonds. The average molecular weight is 869 g/mol. The number of anilines is 3. The van der Waals surface area contributed by atoms with Gasteiger partial charge in [-0.25, -0.2) is 4.98 Å². The van der Waals surface area contributed by atoms with Gasteiger partial charge in [0.15, 0.2) is 0 Å². The Morgan fingerprint density at radius 3 is 2.11 bits per heavy atom. The zero-order valence-electron chi connectivity index (χ0n) is 32.7. The molecule has 6 aromatic carbocycles. The molecule has 0 bridgehead atoms. The van der Waals surface area contributed by atoms with E-state index in [2.05, 4.69) is 163 Å². The molecular weight excluding hydrogens is 828 g/mol. The van der Waals surface area contributed by atoms with Gasteiger partial charge in [0, 0.05) is 26.8 Å². The number of benzene rings is 6. The standard InChI is InChI=1S/C48H38N4.Pt/c1-32-26-27-49-46(28-32)52-42-21-10-7-18-38(42)39-25-24-34(30-45(39)52)48(40-19-8-5-16-36(40)37-17-6-9-20-41(37)48)33-14-13-15-35(29-33)50-31-51(47(2,3)4)44-23-12-11-22-43(44)50;/h5-28H,31H2,1-4H3;/q-2;+2/i1D3;. The van der Waals surface area contributed by atoms with Crippen LogP contribution in [0.15, 0.2) is 146 Å². The van der Waals surface area contributed by atoms with Crippen molar-refractivity contribution in [2.75, 3.05) is 16.5 Å². The molecule has 3 heterocycles. The Bertz CT molecular complexity index is 2770. The first-order valence-corrected chi connectivity index (χ1v) is 17.8. The van der Waals surface area contributed by atoms with Gasteiger partial charge in [0.25, 0.3) is 0 Å². The Morgan fingerprint density at radius 2 is 1.36 bits per heavy atom. The Kier molecular flexibility index (Phi) is 6.99. The third-order valence-electron chi connectivity index (χ3n) is 10.9. The van der Waals surface area contributed by atoms with Gasteiger partial charge in [-0.15, -0.1) is 22.6 Å². The second-order valence-electron chi connectivity index (χ2n) is 14.8. The summed E-state index contributed by atoms with van der Waals surface area (Å²) in [4.78, 5) is 9.57. The molecule has 0 unspecified atom stereocenters. The molecule has 0 fully saturated rings. The van der Waals surface area contributed by atoms with E-state index in [1.807, 2.05) is 12.1 Å². The van der Waals surface area contributed by atoms with Gasteiger partial charge in [-0.2, -0.15) is 36.4 Å². The third-order valence-corrected chi connectivity index (χ3v) is 10.9. The van der Waals surface area contributed by atoms with E-state index >= 15 is 0 Å². The summed E-state index contributed by atoms with van der Waals surface area (Å²) in [6.07, 6.45) is 1.59. The van der Waals surface area contributed by atoms with Crippen LogP contribution in [0, 0.1) is 19.0 Å². The Balaban J connectivity index is 0.00000410. The number of rotatable bonds is 4. The fraction of sp³-hybridized carbons (Fsp3) is 0.146. The fourth-order valence-electron chi connectivity index (χ4n) is 8.68. The molecule has 8 aromatic rings. The van der Waals surface area contributed by atoms with Crippen LogP contribution in [0.1, 0.15) is 52.7 Å². The average Bonchev–Trinajstić information content (AvgIpc) is 3.85. The molecule has 4 nitrogen and oxygen atoms in total. The molecule has 1 aliphatic carbocycles. The van der Waals surface area contributed by atoms with Crippen LogP contribution in [-0.4, -0.2) is 21.8 Å². The summed E-state index contributed by atoms with van der Waals surface area (Å²) >= 11 is 0. The first-order valence-electron chi connectivity index (χ1n) is 19.3. The van der Waals surface area contributed by atoms with Crippen LogP contribution in [-0.2, 0) is 26.5 Å². The Labute approximate surface area is 329 Å². The molecule has 2 aromatic heterocycles. The fourth-order valence-corrected chi connectivity index (χ4v) is 8.68. The van der Waals surface area contributed by atoms with Gasteiger partial charge in [-0.1, -0.05) is 90.1 Å². The van der Waals surface area contributed by atoms with Gasteiger partial charge in [0.05, 0.1) is 18.0 Å². The van der Waals surface area contributed by atoms with Crippen LogP contribution < -0.4 is 9.80 Å². The Hall–Kier alpha value is -5.44. The van der Waals surface area contributed by atoms with Crippen molar-refractivity contribution in [3.63, 3.8) is 0 Å². The monoisotopic (exact) mass is 868 g/mol. The van der Waals surface area contributed by atoms with Crippen molar-refractivity contribution in [2.45, 2.75) is 38.6 Å². The summed E-state index contributed by atoms with van der Waals surface area (Å²) in [6.45, 7) is 5.22. The molecule has 10 rings (SSSR count). The van der Waals surface area contributed by atoms with Crippen molar-refractivity contribution in [1.29, 1.82) is 0 Å². The van der Waals surface area contributed by atoms with Gasteiger partial charge in [0.2, 0.25) is 0 Å². The van der Waals surface area contributed by atoms with Crippen LogP contribution in [0.5, 0.6) is 0 Å². The minimum atomic E-state index is -2.27. The van der Waals surface area contributed by atoms with E-state index in [1.165, 1.54) is 27.9 Å². The molecule has 0 radical (unpaired) electrons. The zero-order chi connectivity index (χ0) is 37.7. The van der Waals surface area contributed by atoms with Crippen LogP contribution in [0.2, 0.25) is 0 Å². The van der Waals surface area contributed by atoms with Gasteiger partial charge in [0.1, 0.15) is 5.82 Å². The molecule has 0 saturated carbocycles. The molecule has 1 aliphatic heterocycles. The maximum absolute atomic E-state index is 8.17. The summed E-state index contributed by atoms with van der Waals surface area (Å²) in [6, 6.07) is 56.5. The van der Waals surface area contributed by atoms with Gasteiger partial charge in [-0.05, 0) is 91.2 Å². The number of fused-ring (bicyclic) bond motifs is 7. The SMILES string of the molecule is [2H]C([2H])([2H])c1ccnc(-n2c3[c-]c(C4(c5[c-]c(N6CN(C(C)(C)C)c7ccccc76)ccc5)c5ccccc5-c5ccccc54)ccc3c3ccccc32)c1.[Pt+2]. The number of aryl methyl sites for hydroxylation is 1. The second kappa shape index (κ2) is 12.3. The summed E-state index contributed by atoms with van der Waals surface area (Å²) in [5, 5.41) is 2.07. The maximum Gasteiger partial charge on any atom is 2.00 e. The molecule has 2 aliphatic rings. The first kappa shape index (κ1) is 30.1. The van der Waals surface area contributed by atoms with Crippen molar-refractivity contribution >= 4 is 38.9 Å². The van der Waals surface area contributed by atoms with Gasteiger partial charge in [-0.3, -0.25) is 0 Å². The van der Waals surface area contributed by atoms with Crippen LogP contribution >= 0.6 is 0 Å². The summed E-state index contributed by atoms with van der Waals surface area (Å²) < 4.78 is 26.6. The van der Waals surface area contributed by atoms with Crippen molar-refractivity contribution in [1.82, 2.24) is 9.55 Å². The Morgan fingerprint density at radius 1 is 0.679 bits per heavy atom. The summed E-state index contributed by atoms with van der Waals surface area (Å²) in [5.41, 5.74) is 11.2. The topological polar surface area (TPSA) is 24.3 Å². The first-order chi connectivity index (χ1) is 26.5. The molecule has 0 N–H and O–H groups in total. The van der Waals surface area contributed by atoms with E-state index in [0.717, 1.165) is 44.3 Å². The number of aromatic nitrogens is 2. The van der Waals surface area contributed by atoms with E-state index in [9.17, 15) is 0 Å². The normalized spacial score (nSPS) is 15.3. The number of hydrogen-bond acceptors (Lipinski definition) is 3. The van der Waals surface area contributed by atoms with E-state index in [1.54, 1.807) is 18.3 Å². The molecule has 53 heavy (non-hydrogen) atoms. The van der Waals surface area contributed by atoms with Crippen molar-refractivity contribution in [3.05, 3.63) is 186 Å². The quantitative estimate of drug-likeness (QED) is 0.165. The number of hydrogen-bond donors (Lipinski definition) is 0. The largest absolute Gasteiger partial charge is 2.00 e. The summed E-state index contributed by atoms with van der Waals surface area (Å²) in [5.74, 6) is 0.541. The predicted molar refractivity (Wildman–Crippen MR) is 214 cm³/mol. The van der Waals surface area contributed by atoms with Crippen molar-refractivity contribution < 1.29 is 25.2 Å². The van der Waals surface area contributed by atoms with E-state index in [-0.39, 0.29) is 32.2 Å². The molecule has 0 spiro atoms. The van der Waals surface area contributed by atoms with Crippen molar-refractivity contribution in [3.8, 4) is 16.9 Å². The van der Waals surface area contributed by atoms with Crippen LogP contribution in [0.25, 0.3) is 38.8 Å². The molecule has 5 heteroatoms. The van der Waals surface area contributed by atoms with Gasteiger partial charge < -0.3 is 14.4 Å². The molecule has 0 atom stereocenters. The van der Waals surface area contributed by atoms with E-state index in [4.69, 9.17) is 9.10 Å². The number of nitrogens with zero attached hydrogens (tertiary/aromatic N) is 4.